The van der Waals surface area contributed by atoms with Gasteiger partial charge in [-0.15, -0.1) is 0 Å². The largest absolute Gasteiger partial charge is 0.493 e. The molecule has 1 aromatic heterocycles. The molecule has 0 unspecified atom stereocenters. The number of ketones is 1. The fourth-order valence-corrected chi connectivity index (χ4v) is 4.89. The van der Waals surface area contributed by atoms with E-state index in [2.05, 4.69) is 10.5 Å². The molecule has 10 heteroatoms. The van der Waals surface area contributed by atoms with Gasteiger partial charge in [-0.3, -0.25) is 9.28 Å². The van der Waals surface area contributed by atoms with Gasteiger partial charge in [0.2, 0.25) is 6.73 Å². The van der Waals surface area contributed by atoms with Gasteiger partial charge in [-0.1, -0.05) is 5.16 Å². The lowest BCUT2D eigenvalue weighted by molar-refractivity contribution is -0.948. The van der Waals surface area contributed by atoms with Gasteiger partial charge in [0.05, 0.1) is 39.0 Å². The zero-order valence-corrected chi connectivity index (χ0v) is 22.4. The molecule has 9 nitrogen and oxygen atoms in total. The van der Waals surface area contributed by atoms with Crippen LogP contribution in [0.2, 0.25) is 0 Å². The predicted molar refractivity (Wildman–Crippen MR) is 141 cm³/mol. The molecule has 0 atom stereocenters. The van der Waals surface area contributed by atoms with Crippen molar-refractivity contribution < 1.29 is 37.2 Å². The predicted octanol–water partition coefficient (Wildman–Crippen LogP) is 5.11. The first-order chi connectivity index (χ1) is 17.8. The molecule has 1 aliphatic rings. The minimum Gasteiger partial charge on any atom is -0.493 e. The minimum absolute atomic E-state index is 0. The number of carbonyl (C=O) groups is 2. The van der Waals surface area contributed by atoms with Gasteiger partial charge >= 0.3 is 6.09 Å². The third-order valence-corrected chi connectivity index (χ3v) is 7.03. The quantitative estimate of drug-likeness (QED) is 0.169. The van der Waals surface area contributed by atoms with Crippen LogP contribution in [0.5, 0.6) is 11.5 Å². The Morgan fingerprint density at radius 2 is 1.92 bits per heavy atom. The van der Waals surface area contributed by atoms with E-state index >= 15 is 0 Å². The highest BCUT2D eigenvalue weighted by Gasteiger charge is 2.37. The van der Waals surface area contributed by atoms with Crippen molar-refractivity contribution >= 4 is 22.8 Å². The Kier molecular flexibility index (Phi) is 9.68. The molecule has 0 spiro atoms. The number of hydrogen-bond acceptors (Lipinski definition) is 7. The third-order valence-electron chi connectivity index (χ3n) is 7.03. The Balaban J connectivity index is 0.00000400. The summed E-state index contributed by atoms with van der Waals surface area (Å²) in [4.78, 5) is 23.5. The first-order valence-corrected chi connectivity index (χ1v) is 12.4. The van der Waals surface area contributed by atoms with Crippen LogP contribution in [0.4, 0.5) is 9.18 Å². The number of nitrogens with zero attached hydrogens (tertiary/aromatic N) is 2. The van der Waals surface area contributed by atoms with Crippen molar-refractivity contribution in [2.75, 3.05) is 47.1 Å². The monoisotopic (exact) mass is 529 g/mol. The van der Waals surface area contributed by atoms with E-state index < -0.39 is 6.09 Å². The number of nitrogens with one attached hydrogen (secondary N) is 1. The van der Waals surface area contributed by atoms with Crippen LogP contribution in [0.25, 0.3) is 11.0 Å². The normalized spacial score (nSPS) is 18.9. The molecule has 2 heterocycles. The van der Waals surface area contributed by atoms with Crippen LogP contribution in [-0.4, -0.2) is 68.6 Å². The second kappa shape index (κ2) is 12.7. The molecule has 4 rings (SSSR count). The van der Waals surface area contributed by atoms with Gasteiger partial charge in [0.15, 0.2) is 22.9 Å². The number of halogens is 1. The van der Waals surface area contributed by atoms with Crippen LogP contribution < -0.4 is 14.8 Å². The van der Waals surface area contributed by atoms with Crippen LogP contribution in [0.15, 0.2) is 40.9 Å². The zero-order valence-electron chi connectivity index (χ0n) is 22.4. The lowest BCUT2D eigenvalue weighted by atomic mass is 9.90. The SMILES string of the molecule is CNC(=O)OC[N+]1(CCCOc2ccc(C(C)=O)cc2OC)CCC(c2noc3cc(F)ccc23)CC1.[CH3-]. The lowest BCUT2D eigenvalue weighted by Gasteiger charge is -2.42. The summed E-state index contributed by atoms with van der Waals surface area (Å²) >= 11 is 0. The average Bonchev–Trinajstić information content (AvgIpc) is 3.33. The van der Waals surface area contributed by atoms with Gasteiger partial charge in [0.25, 0.3) is 0 Å². The summed E-state index contributed by atoms with van der Waals surface area (Å²) in [7, 11) is 3.08. The Morgan fingerprint density at radius 3 is 2.61 bits per heavy atom. The van der Waals surface area contributed by atoms with Crippen LogP contribution in [0.3, 0.4) is 0 Å². The van der Waals surface area contributed by atoms with E-state index in [1.54, 1.807) is 31.4 Å². The Hall–Kier alpha value is -3.66. The molecule has 1 saturated heterocycles. The molecular formula is C28H36FN3O6. The minimum atomic E-state index is -0.462. The number of methoxy groups -OCH3 is 1. The van der Waals surface area contributed by atoms with Gasteiger partial charge in [0, 0.05) is 49.2 Å². The molecule has 2 aromatic carbocycles. The number of quaternary nitrogens is 1. The maximum absolute atomic E-state index is 13.5. The fourth-order valence-electron chi connectivity index (χ4n) is 4.89. The van der Waals surface area contributed by atoms with Gasteiger partial charge in [-0.2, -0.15) is 0 Å². The van der Waals surface area contributed by atoms with Crippen molar-refractivity contribution in [3.63, 3.8) is 0 Å². The van der Waals surface area contributed by atoms with E-state index in [4.69, 9.17) is 18.7 Å². The molecule has 0 aliphatic carbocycles. The number of ether oxygens (including phenoxy) is 3. The van der Waals surface area contributed by atoms with Crippen molar-refractivity contribution in [2.24, 2.45) is 0 Å². The number of hydrogen-bond donors (Lipinski definition) is 1. The number of piperidine rings is 1. The molecule has 38 heavy (non-hydrogen) atoms. The number of alkyl carbamates (subject to hydrolysis) is 1. The van der Waals surface area contributed by atoms with E-state index in [1.165, 1.54) is 26.1 Å². The lowest BCUT2D eigenvalue weighted by Crippen LogP contribution is -2.55. The number of rotatable bonds is 10. The van der Waals surface area contributed by atoms with Crippen LogP contribution in [-0.2, 0) is 4.74 Å². The molecule has 1 aliphatic heterocycles. The van der Waals surface area contributed by atoms with Crippen molar-refractivity contribution in [3.05, 3.63) is 60.9 Å². The highest BCUT2D eigenvalue weighted by molar-refractivity contribution is 5.94. The number of fused-ring (bicyclic) bond motifs is 1. The van der Waals surface area contributed by atoms with Crippen molar-refractivity contribution in [3.8, 4) is 11.5 Å². The van der Waals surface area contributed by atoms with Gasteiger partial charge < -0.3 is 31.5 Å². The summed E-state index contributed by atoms with van der Waals surface area (Å²) in [5.41, 5.74) is 1.87. The molecular weight excluding hydrogens is 493 g/mol. The van der Waals surface area contributed by atoms with E-state index in [1.807, 2.05) is 0 Å². The third kappa shape index (κ3) is 6.61. The number of likely N-dealkylation sites (tertiary alicyclic amines) is 1. The first kappa shape index (κ1) is 28.9. The highest BCUT2D eigenvalue weighted by atomic mass is 19.1. The van der Waals surface area contributed by atoms with E-state index in [0.717, 1.165) is 50.0 Å². The van der Waals surface area contributed by atoms with Crippen molar-refractivity contribution in [1.29, 1.82) is 0 Å². The van der Waals surface area contributed by atoms with Crippen molar-refractivity contribution in [2.45, 2.75) is 32.1 Å². The molecule has 3 aromatic rings. The summed E-state index contributed by atoms with van der Waals surface area (Å²) in [6.07, 6.45) is 1.93. The molecule has 0 bridgehead atoms. The number of Topliss-reactive ketones (excluding diaryl/α,β-unsaturated/α-hetero) is 1. The topological polar surface area (TPSA) is 99.9 Å². The summed E-state index contributed by atoms with van der Waals surface area (Å²) in [5, 5.41) is 7.58. The highest BCUT2D eigenvalue weighted by Crippen LogP contribution is 2.35. The van der Waals surface area contributed by atoms with E-state index in [-0.39, 0.29) is 31.7 Å². The zero-order chi connectivity index (χ0) is 26.4. The maximum Gasteiger partial charge on any atom is 0.411 e. The number of amides is 1. The summed E-state index contributed by atoms with van der Waals surface area (Å²) in [5.74, 6) is 0.879. The molecule has 0 radical (unpaired) electrons. The second-order valence-corrected chi connectivity index (χ2v) is 9.43. The second-order valence-electron chi connectivity index (χ2n) is 9.43. The fraction of sp³-hybridized carbons (Fsp3) is 0.429. The first-order valence-electron chi connectivity index (χ1n) is 12.4. The summed E-state index contributed by atoms with van der Waals surface area (Å²) in [6.45, 7) is 4.53. The van der Waals surface area contributed by atoms with Crippen molar-refractivity contribution in [1.82, 2.24) is 10.5 Å². The van der Waals surface area contributed by atoms with E-state index in [9.17, 15) is 14.0 Å². The number of carbonyl (C=O) groups excluding carboxylic acids is 2. The molecule has 1 fully saturated rings. The number of aromatic nitrogens is 1. The summed E-state index contributed by atoms with van der Waals surface area (Å²) < 4.78 is 36.4. The Labute approximate surface area is 222 Å². The van der Waals surface area contributed by atoms with E-state index in [0.29, 0.717) is 33.7 Å². The maximum atomic E-state index is 13.5. The molecule has 206 valence electrons. The standard InChI is InChI=1S/C27H32FN3O6.CH3/c1-18(32)20-5-8-23(25(15-20)34-3)35-14-4-11-31(17-36-27(33)29-2)12-9-19(10-13-31)26-22-7-6-21(28)16-24(22)37-30-26;/h5-8,15-16,19H,4,9-14,17H2,1-3H3;1H3/q;-1/p+1. The Morgan fingerprint density at radius 1 is 1.16 bits per heavy atom. The van der Waals surface area contributed by atoms with Gasteiger partial charge in [-0.25, -0.2) is 9.18 Å². The van der Waals surface area contributed by atoms with Crippen LogP contribution in [0, 0.1) is 13.2 Å². The van der Waals surface area contributed by atoms with Crippen LogP contribution >= 0.6 is 0 Å². The Bertz CT molecular complexity index is 1250. The smallest absolute Gasteiger partial charge is 0.411 e. The molecule has 1 amide bonds. The number of benzene rings is 2. The summed E-state index contributed by atoms with van der Waals surface area (Å²) in [6, 6.07) is 9.64. The molecule has 0 saturated carbocycles. The van der Waals surface area contributed by atoms with Gasteiger partial charge in [-0.05, 0) is 37.3 Å². The average molecular weight is 530 g/mol. The van der Waals surface area contributed by atoms with Gasteiger partial charge in [0.1, 0.15) is 5.82 Å². The molecule has 1 N–H and O–H groups in total. The van der Waals surface area contributed by atoms with Crippen LogP contribution in [0.1, 0.15) is 48.2 Å².